The number of aryl methyl sites for hydroxylation is 1. The lowest BCUT2D eigenvalue weighted by Crippen LogP contribution is -2.16. The molecule has 1 fully saturated rings. The maximum atomic E-state index is 13.3. The van der Waals surface area contributed by atoms with Crippen LogP contribution in [0, 0.1) is 10.5 Å². The van der Waals surface area contributed by atoms with Gasteiger partial charge in [-0.25, -0.2) is 9.37 Å². The molecule has 76 valence electrons. The zero-order valence-electron chi connectivity index (χ0n) is 7.98. The molecule has 2 nitrogen and oxygen atoms in total. The maximum Gasteiger partial charge on any atom is 0.128 e. The Bertz CT molecular complexity index is 350. The molecule has 0 bridgehead atoms. The molecule has 0 atom stereocenters. The molecule has 1 heterocycles. The second-order valence-electron chi connectivity index (χ2n) is 3.77. The van der Waals surface area contributed by atoms with Crippen LogP contribution in [-0.4, -0.2) is 17.2 Å². The lowest BCUT2D eigenvalue weighted by atomic mass is 10.3. The van der Waals surface area contributed by atoms with Crippen LogP contribution in [0.2, 0.25) is 0 Å². The van der Waals surface area contributed by atoms with Gasteiger partial charge in [0.05, 0.1) is 12.2 Å². The number of aromatic nitrogens is 1. The van der Waals surface area contributed by atoms with Gasteiger partial charge in [0.2, 0.25) is 0 Å². The van der Waals surface area contributed by atoms with E-state index < -0.39 is 5.67 Å². The topological polar surface area (TPSA) is 24.9 Å². The number of nitrogens with zero attached hydrogens (tertiary/aromatic N) is 1. The van der Waals surface area contributed by atoms with Crippen LogP contribution in [0.1, 0.15) is 18.5 Å². The van der Waals surface area contributed by atoms with Crippen LogP contribution in [0.4, 0.5) is 10.2 Å². The van der Waals surface area contributed by atoms with E-state index in [4.69, 9.17) is 0 Å². The zero-order valence-corrected chi connectivity index (χ0v) is 10.1. The summed E-state index contributed by atoms with van der Waals surface area (Å²) in [5.41, 5.74) is 0.0257. The number of nitrogens with one attached hydrogen (secondary N) is 1. The molecule has 0 radical (unpaired) electrons. The van der Waals surface area contributed by atoms with Crippen molar-refractivity contribution in [2.24, 2.45) is 0 Å². The Hall–Kier alpha value is -0.390. The first-order valence-electron chi connectivity index (χ1n) is 4.65. The van der Waals surface area contributed by atoms with Gasteiger partial charge in [0.25, 0.3) is 0 Å². The minimum atomic E-state index is -0.960. The smallest absolute Gasteiger partial charge is 0.128 e. The van der Waals surface area contributed by atoms with Crippen molar-refractivity contribution >= 4 is 28.4 Å². The fourth-order valence-electron chi connectivity index (χ4n) is 1.20. The van der Waals surface area contributed by atoms with Crippen molar-refractivity contribution in [1.29, 1.82) is 0 Å². The standard InChI is InChI=1S/C10H12FIN2/c1-7-8(12)2-3-9(14-7)13-6-10(11)4-5-10/h2-3H,4-6H2,1H3,(H,13,14). The van der Waals surface area contributed by atoms with Gasteiger partial charge in [0.15, 0.2) is 0 Å². The summed E-state index contributed by atoms with van der Waals surface area (Å²) in [6, 6.07) is 3.88. The van der Waals surface area contributed by atoms with Gasteiger partial charge in [-0.1, -0.05) is 0 Å². The summed E-state index contributed by atoms with van der Waals surface area (Å²) in [5, 5.41) is 3.03. The van der Waals surface area contributed by atoms with E-state index in [0.717, 1.165) is 15.1 Å². The van der Waals surface area contributed by atoms with E-state index in [2.05, 4.69) is 32.9 Å². The number of rotatable bonds is 3. The molecule has 1 aromatic rings. The largest absolute Gasteiger partial charge is 0.367 e. The van der Waals surface area contributed by atoms with E-state index >= 15 is 0 Å². The van der Waals surface area contributed by atoms with Crippen LogP contribution in [-0.2, 0) is 0 Å². The van der Waals surface area contributed by atoms with E-state index in [1.54, 1.807) is 0 Å². The number of pyridine rings is 1. The Kier molecular flexibility index (Phi) is 2.64. The highest BCUT2D eigenvalue weighted by Crippen LogP contribution is 2.39. The monoisotopic (exact) mass is 306 g/mol. The van der Waals surface area contributed by atoms with Crippen molar-refractivity contribution in [2.45, 2.75) is 25.4 Å². The van der Waals surface area contributed by atoms with Crippen LogP contribution in [0.5, 0.6) is 0 Å². The van der Waals surface area contributed by atoms with Gasteiger partial charge in [-0.2, -0.15) is 0 Å². The van der Waals surface area contributed by atoms with Crippen LogP contribution in [0.15, 0.2) is 12.1 Å². The highest BCUT2D eigenvalue weighted by Gasteiger charge is 2.42. The molecule has 1 aliphatic rings. The minimum absolute atomic E-state index is 0.389. The molecule has 0 amide bonds. The molecule has 1 aliphatic carbocycles. The zero-order chi connectivity index (χ0) is 10.2. The summed E-state index contributed by atoms with van der Waals surface area (Å²) >= 11 is 2.23. The summed E-state index contributed by atoms with van der Waals surface area (Å²) in [6.45, 7) is 2.34. The van der Waals surface area contributed by atoms with Gasteiger partial charge in [0.1, 0.15) is 11.5 Å². The molecule has 1 saturated carbocycles. The Labute approximate surface area is 96.4 Å². The Morgan fingerprint density at radius 3 is 2.86 bits per heavy atom. The molecule has 2 rings (SSSR count). The van der Waals surface area contributed by atoms with Crippen LogP contribution in [0.3, 0.4) is 0 Å². The Balaban J connectivity index is 1.99. The molecule has 0 aliphatic heterocycles. The van der Waals surface area contributed by atoms with E-state index in [9.17, 15) is 4.39 Å². The molecular weight excluding hydrogens is 294 g/mol. The predicted octanol–water partition coefficient (Wildman–Crippen LogP) is 2.91. The fourth-order valence-corrected chi connectivity index (χ4v) is 1.50. The van der Waals surface area contributed by atoms with Crippen molar-refractivity contribution < 1.29 is 4.39 Å². The highest BCUT2D eigenvalue weighted by molar-refractivity contribution is 14.1. The van der Waals surface area contributed by atoms with E-state index in [0.29, 0.717) is 19.4 Å². The van der Waals surface area contributed by atoms with Crippen molar-refractivity contribution in [3.05, 3.63) is 21.4 Å². The molecule has 0 aromatic carbocycles. The fraction of sp³-hybridized carbons (Fsp3) is 0.500. The molecule has 0 unspecified atom stereocenters. The summed E-state index contributed by atoms with van der Waals surface area (Å²) in [6.07, 6.45) is 1.37. The number of halogens is 2. The SMILES string of the molecule is Cc1nc(NCC2(F)CC2)ccc1I. The Morgan fingerprint density at radius 2 is 2.29 bits per heavy atom. The lowest BCUT2D eigenvalue weighted by Gasteiger charge is -2.08. The number of hydrogen-bond donors (Lipinski definition) is 1. The summed E-state index contributed by atoms with van der Waals surface area (Å²) in [5.74, 6) is 0.770. The first-order valence-corrected chi connectivity index (χ1v) is 5.73. The predicted molar refractivity (Wildman–Crippen MR) is 63.3 cm³/mol. The quantitative estimate of drug-likeness (QED) is 0.869. The molecule has 1 aromatic heterocycles. The van der Waals surface area contributed by atoms with E-state index in [-0.39, 0.29) is 0 Å². The third kappa shape index (κ3) is 2.34. The van der Waals surface area contributed by atoms with Gasteiger partial charge >= 0.3 is 0 Å². The number of anilines is 1. The minimum Gasteiger partial charge on any atom is -0.367 e. The average molecular weight is 306 g/mol. The molecule has 4 heteroatoms. The molecule has 0 spiro atoms. The van der Waals surface area contributed by atoms with Crippen LogP contribution in [0.25, 0.3) is 0 Å². The van der Waals surface area contributed by atoms with E-state index in [1.807, 2.05) is 19.1 Å². The van der Waals surface area contributed by atoms with Crippen LogP contribution >= 0.6 is 22.6 Å². The Morgan fingerprint density at radius 1 is 1.57 bits per heavy atom. The second-order valence-corrected chi connectivity index (χ2v) is 4.93. The first kappa shape index (κ1) is 10.1. The average Bonchev–Trinajstić information content (AvgIpc) is 2.87. The van der Waals surface area contributed by atoms with Gasteiger partial charge in [0, 0.05) is 3.57 Å². The second kappa shape index (κ2) is 3.64. The van der Waals surface area contributed by atoms with Gasteiger partial charge in [-0.3, -0.25) is 0 Å². The van der Waals surface area contributed by atoms with Crippen molar-refractivity contribution in [1.82, 2.24) is 4.98 Å². The first-order chi connectivity index (χ1) is 6.59. The van der Waals surface area contributed by atoms with Crippen molar-refractivity contribution in [3.63, 3.8) is 0 Å². The van der Waals surface area contributed by atoms with Crippen LogP contribution < -0.4 is 5.32 Å². The van der Waals surface area contributed by atoms with Gasteiger partial charge < -0.3 is 5.32 Å². The van der Waals surface area contributed by atoms with Crippen molar-refractivity contribution in [2.75, 3.05) is 11.9 Å². The molecule has 0 saturated heterocycles. The molecule has 14 heavy (non-hydrogen) atoms. The normalized spacial score (nSPS) is 17.9. The van der Waals surface area contributed by atoms with Gasteiger partial charge in [-0.15, -0.1) is 0 Å². The summed E-state index contributed by atoms with van der Waals surface area (Å²) in [7, 11) is 0. The summed E-state index contributed by atoms with van der Waals surface area (Å²) in [4.78, 5) is 4.32. The molecular formula is C10H12FIN2. The number of hydrogen-bond acceptors (Lipinski definition) is 2. The molecule has 1 N–H and O–H groups in total. The maximum absolute atomic E-state index is 13.3. The van der Waals surface area contributed by atoms with Gasteiger partial charge in [-0.05, 0) is 54.5 Å². The van der Waals surface area contributed by atoms with Crippen molar-refractivity contribution in [3.8, 4) is 0 Å². The third-order valence-corrected chi connectivity index (χ3v) is 3.54. The highest BCUT2D eigenvalue weighted by atomic mass is 127. The lowest BCUT2D eigenvalue weighted by molar-refractivity contribution is 0.326. The van der Waals surface area contributed by atoms with E-state index in [1.165, 1.54) is 0 Å². The number of alkyl halides is 1. The summed E-state index contributed by atoms with van der Waals surface area (Å²) < 4.78 is 14.4. The third-order valence-electron chi connectivity index (χ3n) is 2.40.